The van der Waals surface area contributed by atoms with Crippen LogP contribution in [0.4, 0.5) is 5.69 Å². The Balaban J connectivity index is 3.01. The maximum atomic E-state index is 6.70. The van der Waals surface area contributed by atoms with Crippen LogP contribution in [0.5, 0.6) is 0 Å². The lowest BCUT2D eigenvalue weighted by molar-refractivity contribution is 1.41. The normalized spacial score (nSPS) is 8.80. The Morgan fingerprint density at radius 2 is 2.30 bits per heavy atom. The molecule has 50 valence electrons. The summed E-state index contributed by atoms with van der Waals surface area (Å²) in [4.78, 5) is 3.27. The van der Waals surface area contributed by atoms with Crippen molar-refractivity contribution < 1.29 is 0 Å². The van der Waals surface area contributed by atoms with E-state index >= 15 is 0 Å². The van der Waals surface area contributed by atoms with E-state index in [1.807, 2.05) is 12.1 Å². The van der Waals surface area contributed by atoms with Crippen LogP contribution in [0.15, 0.2) is 24.3 Å². The van der Waals surface area contributed by atoms with Crippen molar-refractivity contribution in [3.05, 3.63) is 41.2 Å². The van der Waals surface area contributed by atoms with E-state index in [1.54, 1.807) is 12.1 Å². The van der Waals surface area contributed by atoms with Crippen molar-refractivity contribution in [1.29, 1.82) is 0 Å². The van der Waals surface area contributed by atoms with Crippen LogP contribution in [-0.4, -0.2) is 0 Å². The summed E-state index contributed by atoms with van der Waals surface area (Å²) in [5, 5.41) is 0. The van der Waals surface area contributed by atoms with Crippen molar-refractivity contribution in [3.63, 3.8) is 0 Å². The van der Waals surface area contributed by atoms with Gasteiger partial charge in [-0.2, -0.15) is 0 Å². The Kier molecular flexibility index (Phi) is 2.30. The SMILES string of the molecule is [C-]#[N+]c1cccc(CCl)c1. The fourth-order valence-corrected chi connectivity index (χ4v) is 0.875. The largest absolute Gasteiger partial charge is 0.238 e. The molecule has 0 aliphatic rings. The van der Waals surface area contributed by atoms with Crippen molar-refractivity contribution >= 4 is 17.3 Å². The lowest BCUT2D eigenvalue weighted by atomic mass is 10.2. The third kappa shape index (κ3) is 1.49. The summed E-state index contributed by atoms with van der Waals surface area (Å²) in [5.74, 6) is 0.476. The van der Waals surface area contributed by atoms with Crippen molar-refractivity contribution in [2.45, 2.75) is 5.88 Å². The van der Waals surface area contributed by atoms with Crippen LogP contribution in [0, 0.1) is 6.57 Å². The molecule has 0 saturated heterocycles. The number of hydrogen-bond acceptors (Lipinski definition) is 0. The van der Waals surface area contributed by atoms with Gasteiger partial charge in [-0.1, -0.05) is 24.3 Å². The van der Waals surface area contributed by atoms with Gasteiger partial charge in [-0.05, 0) is 5.56 Å². The number of halogens is 1. The third-order valence-corrected chi connectivity index (χ3v) is 1.50. The first-order chi connectivity index (χ1) is 4.86. The first-order valence-electron chi connectivity index (χ1n) is 2.89. The van der Waals surface area contributed by atoms with E-state index in [-0.39, 0.29) is 0 Å². The van der Waals surface area contributed by atoms with E-state index in [1.165, 1.54) is 0 Å². The maximum Gasteiger partial charge on any atom is 0.187 e. The van der Waals surface area contributed by atoms with Gasteiger partial charge in [-0.15, -0.1) is 11.6 Å². The molecule has 0 spiro atoms. The van der Waals surface area contributed by atoms with Crippen LogP contribution < -0.4 is 0 Å². The first-order valence-corrected chi connectivity index (χ1v) is 3.42. The summed E-state index contributed by atoms with van der Waals surface area (Å²) in [6, 6.07) is 7.30. The molecule has 0 atom stereocenters. The molecule has 10 heavy (non-hydrogen) atoms. The molecule has 0 aliphatic carbocycles. The highest BCUT2D eigenvalue weighted by Gasteiger charge is 1.90. The molecule has 2 heteroatoms. The molecule has 0 radical (unpaired) electrons. The molecule has 1 nitrogen and oxygen atoms in total. The van der Waals surface area contributed by atoms with E-state index in [2.05, 4.69) is 4.85 Å². The lowest BCUT2D eigenvalue weighted by Crippen LogP contribution is -1.73. The Morgan fingerprint density at radius 1 is 1.50 bits per heavy atom. The maximum absolute atomic E-state index is 6.70. The zero-order valence-corrected chi connectivity index (χ0v) is 6.10. The van der Waals surface area contributed by atoms with Crippen molar-refractivity contribution in [3.8, 4) is 0 Å². The molecule has 0 saturated carbocycles. The van der Waals surface area contributed by atoms with Crippen LogP contribution in [0.3, 0.4) is 0 Å². The Bertz CT molecular complexity index is 262. The van der Waals surface area contributed by atoms with E-state index in [0.717, 1.165) is 5.56 Å². The molecule has 1 aromatic rings. The highest BCUT2D eigenvalue weighted by atomic mass is 35.5. The van der Waals surface area contributed by atoms with E-state index in [0.29, 0.717) is 11.6 Å². The molecule has 0 unspecified atom stereocenters. The minimum atomic E-state index is 0.476. The fourth-order valence-electron chi connectivity index (χ4n) is 0.709. The number of hydrogen-bond donors (Lipinski definition) is 0. The van der Waals surface area contributed by atoms with Crippen LogP contribution in [0.2, 0.25) is 0 Å². The van der Waals surface area contributed by atoms with Crippen LogP contribution in [0.25, 0.3) is 4.85 Å². The molecule has 1 rings (SSSR count). The standard InChI is InChI=1S/C8H6ClN/c1-10-8-4-2-3-7(5-8)6-9/h2-5H,6H2. The molecule has 0 fully saturated rings. The van der Waals surface area contributed by atoms with Crippen molar-refractivity contribution in [1.82, 2.24) is 0 Å². The van der Waals surface area contributed by atoms with Gasteiger partial charge >= 0.3 is 0 Å². The van der Waals surface area contributed by atoms with E-state index in [9.17, 15) is 0 Å². The summed E-state index contributed by atoms with van der Waals surface area (Å²) in [6.07, 6.45) is 0. The van der Waals surface area contributed by atoms with Gasteiger partial charge in [-0.3, -0.25) is 0 Å². The second-order valence-corrected chi connectivity index (χ2v) is 2.18. The topological polar surface area (TPSA) is 4.36 Å². The Morgan fingerprint density at radius 3 is 2.90 bits per heavy atom. The van der Waals surface area contributed by atoms with Gasteiger partial charge in [-0.25, -0.2) is 4.85 Å². The lowest BCUT2D eigenvalue weighted by Gasteiger charge is -1.92. The smallest absolute Gasteiger partial charge is 0.187 e. The molecule has 1 aromatic carbocycles. The summed E-state index contributed by atoms with van der Waals surface area (Å²) >= 11 is 5.55. The highest BCUT2D eigenvalue weighted by Crippen LogP contribution is 2.14. The number of rotatable bonds is 1. The average molecular weight is 152 g/mol. The van der Waals surface area contributed by atoms with Gasteiger partial charge in [0.05, 0.1) is 6.57 Å². The van der Waals surface area contributed by atoms with E-state index in [4.69, 9.17) is 18.2 Å². The summed E-state index contributed by atoms with van der Waals surface area (Å²) in [7, 11) is 0. The molecule has 0 amide bonds. The molecule has 0 heterocycles. The molecule has 0 aliphatic heterocycles. The third-order valence-electron chi connectivity index (χ3n) is 1.19. The quantitative estimate of drug-likeness (QED) is 0.429. The second-order valence-electron chi connectivity index (χ2n) is 1.92. The monoisotopic (exact) mass is 151 g/mol. The van der Waals surface area contributed by atoms with Crippen LogP contribution in [0.1, 0.15) is 5.56 Å². The average Bonchev–Trinajstić information content (AvgIpc) is 2.05. The second kappa shape index (κ2) is 3.24. The van der Waals surface area contributed by atoms with Gasteiger partial charge in [0, 0.05) is 5.88 Å². The van der Waals surface area contributed by atoms with Gasteiger partial charge < -0.3 is 0 Å². The Hall–Kier alpha value is -1.00. The predicted octanol–water partition coefficient (Wildman–Crippen LogP) is 2.98. The van der Waals surface area contributed by atoms with Crippen molar-refractivity contribution in [2.24, 2.45) is 0 Å². The first kappa shape index (κ1) is 7.11. The van der Waals surface area contributed by atoms with Crippen molar-refractivity contribution in [2.75, 3.05) is 0 Å². The summed E-state index contributed by atoms with van der Waals surface area (Å²) in [5.41, 5.74) is 1.65. The van der Waals surface area contributed by atoms with Gasteiger partial charge in [0.2, 0.25) is 0 Å². The molecule has 0 bridgehead atoms. The Labute approximate surface area is 65.1 Å². The predicted molar refractivity (Wildman–Crippen MR) is 42.3 cm³/mol. The van der Waals surface area contributed by atoms with Gasteiger partial charge in [0.25, 0.3) is 0 Å². The zero-order valence-electron chi connectivity index (χ0n) is 5.34. The molecule has 0 N–H and O–H groups in total. The molecule has 0 aromatic heterocycles. The minimum Gasteiger partial charge on any atom is -0.238 e. The summed E-state index contributed by atoms with van der Waals surface area (Å²) < 4.78 is 0. The minimum absolute atomic E-state index is 0.476. The van der Waals surface area contributed by atoms with E-state index < -0.39 is 0 Å². The van der Waals surface area contributed by atoms with Crippen LogP contribution in [-0.2, 0) is 5.88 Å². The zero-order chi connectivity index (χ0) is 7.40. The summed E-state index contributed by atoms with van der Waals surface area (Å²) in [6.45, 7) is 6.70. The molecular weight excluding hydrogens is 146 g/mol. The number of nitrogens with zero attached hydrogens (tertiary/aromatic N) is 1. The van der Waals surface area contributed by atoms with Gasteiger partial charge in [0.1, 0.15) is 0 Å². The molecular formula is C8H6ClN. The fraction of sp³-hybridized carbons (Fsp3) is 0.125. The van der Waals surface area contributed by atoms with Gasteiger partial charge in [0.15, 0.2) is 5.69 Å². The number of benzene rings is 1. The number of alkyl halides is 1. The van der Waals surface area contributed by atoms with Crippen LogP contribution >= 0.6 is 11.6 Å². The highest BCUT2D eigenvalue weighted by molar-refractivity contribution is 6.17.